The molecule has 0 amide bonds. The predicted octanol–water partition coefficient (Wildman–Crippen LogP) is 3.53. The van der Waals surface area contributed by atoms with E-state index < -0.39 is 6.61 Å². The number of guanidine groups is 1. The summed E-state index contributed by atoms with van der Waals surface area (Å²) < 4.78 is 29.8. The summed E-state index contributed by atoms with van der Waals surface area (Å²) in [5.74, 6) is 0.743. The van der Waals surface area contributed by atoms with Gasteiger partial charge in [0.2, 0.25) is 0 Å². The Morgan fingerprint density at radius 3 is 2.52 bits per heavy atom. The maximum Gasteiger partial charge on any atom is 0.387 e. The molecule has 0 aliphatic rings. The molecule has 2 aromatic rings. The van der Waals surface area contributed by atoms with Gasteiger partial charge in [0, 0.05) is 45.5 Å². The molecular weight excluding hydrogens is 350 g/mol. The molecule has 0 radical (unpaired) electrons. The third-order valence-electron chi connectivity index (χ3n) is 3.99. The zero-order valence-electron chi connectivity index (χ0n) is 16.1. The summed E-state index contributed by atoms with van der Waals surface area (Å²) in [6.45, 7) is -0.0372. The molecule has 0 fully saturated rings. The number of rotatable bonds is 7. The first kappa shape index (κ1) is 20.5. The summed E-state index contributed by atoms with van der Waals surface area (Å²) in [5, 5.41) is 6.37. The fourth-order valence-corrected chi connectivity index (χ4v) is 2.59. The molecule has 7 heteroatoms. The van der Waals surface area contributed by atoms with Gasteiger partial charge in [-0.15, -0.1) is 0 Å². The van der Waals surface area contributed by atoms with E-state index in [1.165, 1.54) is 0 Å². The van der Waals surface area contributed by atoms with Gasteiger partial charge in [0.05, 0.1) is 0 Å². The largest absolute Gasteiger partial charge is 0.434 e. The first-order valence-electron chi connectivity index (χ1n) is 8.64. The molecule has 0 aromatic heterocycles. The van der Waals surface area contributed by atoms with Gasteiger partial charge in [0.15, 0.2) is 5.96 Å². The Labute approximate surface area is 159 Å². The van der Waals surface area contributed by atoms with Crippen molar-refractivity contribution in [1.82, 2.24) is 10.6 Å². The third-order valence-corrected chi connectivity index (χ3v) is 3.99. The summed E-state index contributed by atoms with van der Waals surface area (Å²) in [7, 11) is 5.65. The molecular formula is C20H26F2N4O. The van der Waals surface area contributed by atoms with Crippen molar-refractivity contribution in [2.24, 2.45) is 4.99 Å². The second-order valence-electron chi connectivity index (χ2n) is 6.33. The van der Waals surface area contributed by atoms with Crippen LogP contribution in [0.5, 0.6) is 5.75 Å². The van der Waals surface area contributed by atoms with Crippen molar-refractivity contribution in [3.05, 3.63) is 59.2 Å². The highest BCUT2D eigenvalue weighted by Crippen LogP contribution is 2.22. The van der Waals surface area contributed by atoms with Crippen LogP contribution in [-0.2, 0) is 13.1 Å². The van der Waals surface area contributed by atoms with E-state index >= 15 is 0 Å². The Morgan fingerprint density at radius 2 is 1.85 bits per heavy atom. The highest BCUT2D eigenvalue weighted by Gasteiger charge is 2.10. The Hall–Kier alpha value is -2.83. The highest BCUT2D eigenvalue weighted by molar-refractivity contribution is 5.79. The van der Waals surface area contributed by atoms with Crippen LogP contribution in [0.3, 0.4) is 0 Å². The van der Waals surface area contributed by atoms with Crippen molar-refractivity contribution in [1.29, 1.82) is 0 Å². The number of hydrogen-bond acceptors (Lipinski definition) is 3. The molecule has 0 aliphatic carbocycles. The van der Waals surface area contributed by atoms with Crippen LogP contribution < -0.4 is 20.3 Å². The zero-order chi connectivity index (χ0) is 19.8. The SMILES string of the molecule is CN=C(NCc1cccc(N(C)C)c1)NCc1cc(C)ccc1OC(F)F. The van der Waals surface area contributed by atoms with E-state index in [2.05, 4.69) is 26.4 Å². The van der Waals surface area contributed by atoms with Crippen molar-refractivity contribution in [2.75, 3.05) is 26.0 Å². The van der Waals surface area contributed by atoms with Gasteiger partial charge < -0.3 is 20.3 Å². The molecule has 146 valence electrons. The number of hydrogen-bond donors (Lipinski definition) is 2. The lowest BCUT2D eigenvalue weighted by Crippen LogP contribution is -2.36. The van der Waals surface area contributed by atoms with Crippen LogP contribution in [0.25, 0.3) is 0 Å². The number of halogens is 2. The molecule has 5 nitrogen and oxygen atoms in total. The standard InChI is InChI=1S/C20H26F2N4O/c1-14-8-9-18(27-19(21)22)16(10-14)13-25-20(23-2)24-12-15-6-5-7-17(11-15)26(3)4/h5-11,19H,12-13H2,1-4H3,(H2,23,24,25). The van der Waals surface area contributed by atoms with E-state index in [4.69, 9.17) is 0 Å². The number of nitrogens with zero attached hydrogens (tertiary/aromatic N) is 2. The molecule has 27 heavy (non-hydrogen) atoms. The van der Waals surface area contributed by atoms with Crippen molar-refractivity contribution in [2.45, 2.75) is 26.6 Å². The summed E-state index contributed by atoms with van der Waals surface area (Å²) in [4.78, 5) is 6.22. The zero-order valence-corrected chi connectivity index (χ0v) is 16.1. The number of ether oxygens (including phenoxy) is 1. The summed E-state index contributed by atoms with van der Waals surface area (Å²) in [6, 6.07) is 13.3. The molecule has 0 saturated carbocycles. The Balaban J connectivity index is 1.98. The molecule has 0 saturated heterocycles. The van der Waals surface area contributed by atoms with Gasteiger partial charge in [-0.25, -0.2) is 0 Å². The minimum absolute atomic E-state index is 0.164. The molecule has 0 spiro atoms. The van der Waals surface area contributed by atoms with Crippen molar-refractivity contribution in [3.63, 3.8) is 0 Å². The van der Waals surface area contributed by atoms with E-state index in [0.29, 0.717) is 24.6 Å². The number of aliphatic imine (C=N–C) groups is 1. The van der Waals surface area contributed by atoms with E-state index in [9.17, 15) is 8.78 Å². The van der Waals surface area contributed by atoms with E-state index in [1.54, 1.807) is 19.2 Å². The summed E-state index contributed by atoms with van der Waals surface area (Å²) >= 11 is 0. The molecule has 0 heterocycles. The third kappa shape index (κ3) is 6.44. The quantitative estimate of drug-likeness (QED) is 0.573. The maximum absolute atomic E-state index is 12.6. The number of benzene rings is 2. The minimum atomic E-state index is -2.85. The van der Waals surface area contributed by atoms with Gasteiger partial charge >= 0.3 is 6.61 Å². The van der Waals surface area contributed by atoms with Gasteiger partial charge in [-0.3, -0.25) is 4.99 Å². The van der Waals surface area contributed by atoms with Gasteiger partial charge in [-0.2, -0.15) is 8.78 Å². The normalized spacial score (nSPS) is 11.4. The lowest BCUT2D eigenvalue weighted by atomic mass is 10.1. The lowest BCUT2D eigenvalue weighted by molar-refractivity contribution is -0.0504. The Bertz CT molecular complexity index is 778. The van der Waals surface area contributed by atoms with Gasteiger partial charge in [0.25, 0.3) is 0 Å². The molecule has 2 N–H and O–H groups in total. The Kier molecular flexibility index (Phi) is 7.40. The second-order valence-corrected chi connectivity index (χ2v) is 6.33. The monoisotopic (exact) mass is 376 g/mol. The minimum Gasteiger partial charge on any atom is -0.434 e. The molecule has 2 rings (SSSR count). The van der Waals surface area contributed by atoms with E-state index in [1.807, 2.05) is 50.2 Å². The number of nitrogens with one attached hydrogen (secondary N) is 2. The van der Waals surface area contributed by atoms with Crippen LogP contribution in [0.4, 0.5) is 14.5 Å². The fraction of sp³-hybridized carbons (Fsp3) is 0.350. The number of alkyl halides is 2. The number of anilines is 1. The first-order valence-corrected chi connectivity index (χ1v) is 8.64. The van der Waals surface area contributed by atoms with Crippen LogP contribution >= 0.6 is 0 Å². The van der Waals surface area contributed by atoms with Crippen LogP contribution in [0.15, 0.2) is 47.5 Å². The van der Waals surface area contributed by atoms with Gasteiger partial charge in [-0.05, 0) is 30.7 Å². The average Bonchev–Trinajstić information content (AvgIpc) is 2.63. The van der Waals surface area contributed by atoms with Crippen LogP contribution in [0.1, 0.15) is 16.7 Å². The van der Waals surface area contributed by atoms with Crippen LogP contribution in [-0.4, -0.2) is 33.7 Å². The average molecular weight is 376 g/mol. The van der Waals surface area contributed by atoms with Crippen LogP contribution in [0.2, 0.25) is 0 Å². The lowest BCUT2D eigenvalue weighted by Gasteiger charge is -2.16. The topological polar surface area (TPSA) is 48.9 Å². The molecule has 0 atom stereocenters. The second kappa shape index (κ2) is 9.75. The number of aryl methyl sites for hydroxylation is 1. The van der Waals surface area contributed by atoms with E-state index in [0.717, 1.165) is 16.8 Å². The van der Waals surface area contributed by atoms with E-state index in [-0.39, 0.29) is 5.75 Å². The van der Waals surface area contributed by atoms with Gasteiger partial charge in [-0.1, -0.05) is 29.8 Å². The predicted molar refractivity (Wildman–Crippen MR) is 106 cm³/mol. The molecule has 0 unspecified atom stereocenters. The molecule has 0 aliphatic heterocycles. The molecule has 0 bridgehead atoms. The molecule has 2 aromatic carbocycles. The first-order chi connectivity index (χ1) is 12.9. The smallest absolute Gasteiger partial charge is 0.387 e. The van der Waals surface area contributed by atoms with Crippen LogP contribution in [0, 0.1) is 6.92 Å². The fourth-order valence-electron chi connectivity index (χ4n) is 2.59. The summed E-state index contributed by atoms with van der Waals surface area (Å²) in [5.41, 5.74) is 3.84. The van der Waals surface area contributed by atoms with Crippen molar-refractivity contribution >= 4 is 11.6 Å². The summed E-state index contributed by atoms with van der Waals surface area (Å²) in [6.07, 6.45) is 0. The highest BCUT2D eigenvalue weighted by atomic mass is 19.3. The Morgan fingerprint density at radius 1 is 1.11 bits per heavy atom. The van der Waals surface area contributed by atoms with Crippen molar-refractivity contribution in [3.8, 4) is 5.75 Å². The van der Waals surface area contributed by atoms with Gasteiger partial charge in [0.1, 0.15) is 5.75 Å². The maximum atomic E-state index is 12.6. The van der Waals surface area contributed by atoms with Crippen molar-refractivity contribution < 1.29 is 13.5 Å².